The first-order valence-corrected chi connectivity index (χ1v) is 9.92. The van der Waals surface area contributed by atoms with Gasteiger partial charge in [-0.25, -0.2) is 0 Å². The van der Waals surface area contributed by atoms with Gasteiger partial charge >= 0.3 is 0 Å². The van der Waals surface area contributed by atoms with Gasteiger partial charge in [0.15, 0.2) is 0 Å². The van der Waals surface area contributed by atoms with Crippen LogP contribution in [0.2, 0.25) is 0 Å². The van der Waals surface area contributed by atoms with Crippen molar-refractivity contribution in [2.75, 3.05) is 46.5 Å². The zero-order valence-electron chi connectivity index (χ0n) is 15.8. The van der Waals surface area contributed by atoms with Gasteiger partial charge in [0.2, 0.25) is 5.91 Å². The lowest BCUT2D eigenvalue weighted by Crippen LogP contribution is -2.47. The van der Waals surface area contributed by atoms with Crippen molar-refractivity contribution < 1.29 is 14.3 Å². The number of benzene rings is 1. The molecule has 142 valence electrons. The van der Waals surface area contributed by atoms with E-state index in [0.29, 0.717) is 19.1 Å². The van der Waals surface area contributed by atoms with Gasteiger partial charge in [-0.2, -0.15) is 0 Å². The van der Waals surface area contributed by atoms with Gasteiger partial charge in [-0.05, 0) is 48.9 Å². The number of ether oxygens (including phenoxy) is 2. The second kappa shape index (κ2) is 7.57. The maximum atomic E-state index is 13.1. The zero-order valence-corrected chi connectivity index (χ0v) is 15.8. The number of morpholine rings is 1. The topological polar surface area (TPSA) is 42.0 Å². The molecule has 2 saturated heterocycles. The van der Waals surface area contributed by atoms with Crippen molar-refractivity contribution >= 4 is 5.91 Å². The Kier molecular flexibility index (Phi) is 5.18. The minimum atomic E-state index is 0.196. The van der Waals surface area contributed by atoms with Gasteiger partial charge in [0.25, 0.3) is 0 Å². The predicted molar refractivity (Wildman–Crippen MR) is 100 cm³/mol. The van der Waals surface area contributed by atoms with Crippen LogP contribution in [0.3, 0.4) is 0 Å². The molecule has 0 radical (unpaired) electrons. The Morgan fingerprint density at radius 3 is 2.69 bits per heavy atom. The number of carbonyl (C=O) groups is 1. The number of likely N-dealkylation sites (tertiary alicyclic amines) is 1. The number of methoxy groups -OCH3 is 1. The molecule has 5 heteroatoms. The number of nitrogens with zero attached hydrogens (tertiary/aromatic N) is 2. The number of amides is 1. The highest BCUT2D eigenvalue weighted by atomic mass is 16.5. The molecule has 26 heavy (non-hydrogen) atoms. The molecule has 0 bridgehead atoms. The Bertz CT molecular complexity index is 627. The van der Waals surface area contributed by atoms with Gasteiger partial charge in [-0.1, -0.05) is 18.6 Å². The molecule has 3 aliphatic rings. The first-order chi connectivity index (χ1) is 12.7. The van der Waals surface area contributed by atoms with Gasteiger partial charge in [-0.3, -0.25) is 9.69 Å². The molecule has 3 fully saturated rings. The van der Waals surface area contributed by atoms with Gasteiger partial charge < -0.3 is 14.4 Å². The fraction of sp³-hybridized carbons (Fsp3) is 0.667. The fourth-order valence-corrected chi connectivity index (χ4v) is 5.12. The normalized spacial score (nSPS) is 29.4. The largest absolute Gasteiger partial charge is 0.497 e. The third kappa shape index (κ3) is 3.47. The Balaban J connectivity index is 1.40. The van der Waals surface area contributed by atoms with Crippen LogP contribution in [0, 0.1) is 11.3 Å². The fourth-order valence-electron chi connectivity index (χ4n) is 5.12. The third-order valence-electron chi connectivity index (χ3n) is 6.56. The van der Waals surface area contributed by atoms with Crippen LogP contribution in [0.25, 0.3) is 0 Å². The smallest absolute Gasteiger partial charge is 0.226 e. The van der Waals surface area contributed by atoms with Crippen molar-refractivity contribution in [1.29, 1.82) is 0 Å². The summed E-state index contributed by atoms with van der Waals surface area (Å²) in [5.41, 5.74) is 1.51. The molecule has 0 aromatic heterocycles. The molecule has 0 unspecified atom stereocenters. The first kappa shape index (κ1) is 17.8. The van der Waals surface area contributed by atoms with E-state index in [0.717, 1.165) is 51.3 Å². The highest BCUT2D eigenvalue weighted by Gasteiger charge is 2.51. The standard InChI is InChI=1S/C21H30N2O3/c1-25-18-6-4-17(5-7-18)15-22-10-9-21(16-22)8-2-3-19(21)20(24)23-11-13-26-14-12-23/h4-7,19H,2-3,8-16H2,1H3/t19-,21-/m0/s1. The van der Waals surface area contributed by atoms with E-state index in [9.17, 15) is 4.79 Å². The number of hydrogen-bond acceptors (Lipinski definition) is 4. The highest BCUT2D eigenvalue weighted by molar-refractivity contribution is 5.80. The maximum Gasteiger partial charge on any atom is 0.226 e. The van der Waals surface area contributed by atoms with Gasteiger partial charge in [-0.15, -0.1) is 0 Å². The molecule has 1 aromatic rings. The third-order valence-corrected chi connectivity index (χ3v) is 6.56. The Morgan fingerprint density at radius 2 is 1.96 bits per heavy atom. The second-order valence-corrected chi connectivity index (χ2v) is 8.05. The second-order valence-electron chi connectivity index (χ2n) is 8.05. The molecular weight excluding hydrogens is 328 g/mol. The lowest BCUT2D eigenvalue weighted by Gasteiger charge is -2.36. The molecule has 1 saturated carbocycles. The molecule has 1 amide bonds. The maximum absolute atomic E-state index is 13.1. The van der Waals surface area contributed by atoms with E-state index in [4.69, 9.17) is 9.47 Å². The zero-order chi connectivity index (χ0) is 18.0. The lowest BCUT2D eigenvalue weighted by atomic mass is 9.76. The van der Waals surface area contributed by atoms with E-state index in [-0.39, 0.29) is 11.3 Å². The Hall–Kier alpha value is -1.59. The number of rotatable bonds is 4. The average Bonchev–Trinajstić information content (AvgIpc) is 3.29. The summed E-state index contributed by atoms with van der Waals surface area (Å²) < 4.78 is 10.7. The minimum absolute atomic E-state index is 0.196. The quantitative estimate of drug-likeness (QED) is 0.830. The molecule has 1 aromatic carbocycles. The van der Waals surface area contributed by atoms with Gasteiger partial charge in [0.05, 0.1) is 20.3 Å². The van der Waals surface area contributed by atoms with Crippen molar-refractivity contribution in [3.05, 3.63) is 29.8 Å². The van der Waals surface area contributed by atoms with Crippen LogP contribution in [0.1, 0.15) is 31.2 Å². The van der Waals surface area contributed by atoms with Crippen LogP contribution in [-0.4, -0.2) is 62.2 Å². The summed E-state index contributed by atoms with van der Waals surface area (Å²) in [6, 6.07) is 8.35. The van der Waals surface area contributed by atoms with Crippen LogP contribution in [0.4, 0.5) is 0 Å². The summed E-state index contributed by atoms with van der Waals surface area (Å²) in [6.45, 7) is 6.02. The average molecular weight is 358 g/mol. The van der Waals surface area contributed by atoms with E-state index < -0.39 is 0 Å². The molecule has 1 spiro atoms. The van der Waals surface area contributed by atoms with E-state index >= 15 is 0 Å². The monoisotopic (exact) mass is 358 g/mol. The molecule has 2 heterocycles. The van der Waals surface area contributed by atoms with E-state index in [2.05, 4.69) is 17.0 Å². The predicted octanol–water partition coefficient (Wildman–Crippen LogP) is 2.55. The summed E-state index contributed by atoms with van der Waals surface area (Å²) in [6.07, 6.45) is 4.61. The van der Waals surface area contributed by atoms with Crippen LogP contribution >= 0.6 is 0 Å². The molecule has 0 N–H and O–H groups in total. The SMILES string of the molecule is COc1ccc(CN2CC[C@@]3(CCC[C@H]3C(=O)N3CCOCC3)C2)cc1. The van der Waals surface area contributed by atoms with E-state index in [1.165, 1.54) is 18.4 Å². The molecule has 4 rings (SSSR count). The Morgan fingerprint density at radius 1 is 1.19 bits per heavy atom. The van der Waals surface area contributed by atoms with E-state index in [1.807, 2.05) is 17.0 Å². The van der Waals surface area contributed by atoms with Gasteiger partial charge in [0, 0.05) is 32.1 Å². The summed E-state index contributed by atoms with van der Waals surface area (Å²) in [5.74, 6) is 1.50. The highest BCUT2D eigenvalue weighted by Crippen LogP contribution is 2.50. The summed E-state index contributed by atoms with van der Waals surface area (Å²) in [7, 11) is 1.70. The summed E-state index contributed by atoms with van der Waals surface area (Å²) in [4.78, 5) is 17.7. The molecule has 1 aliphatic carbocycles. The number of carbonyl (C=O) groups excluding carboxylic acids is 1. The van der Waals surface area contributed by atoms with Crippen LogP contribution in [0.5, 0.6) is 5.75 Å². The van der Waals surface area contributed by atoms with E-state index in [1.54, 1.807) is 7.11 Å². The minimum Gasteiger partial charge on any atom is -0.497 e. The Labute approximate surface area is 156 Å². The number of hydrogen-bond donors (Lipinski definition) is 0. The van der Waals surface area contributed by atoms with Crippen molar-refractivity contribution in [3.63, 3.8) is 0 Å². The first-order valence-electron chi connectivity index (χ1n) is 9.92. The van der Waals surface area contributed by atoms with Crippen molar-refractivity contribution in [2.45, 2.75) is 32.2 Å². The summed E-state index contributed by atoms with van der Waals surface area (Å²) in [5, 5.41) is 0. The van der Waals surface area contributed by atoms with Gasteiger partial charge in [0.1, 0.15) is 5.75 Å². The van der Waals surface area contributed by atoms with Crippen LogP contribution in [0.15, 0.2) is 24.3 Å². The van der Waals surface area contributed by atoms with Crippen molar-refractivity contribution in [2.24, 2.45) is 11.3 Å². The summed E-state index contributed by atoms with van der Waals surface area (Å²) >= 11 is 0. The van der Waals surface area contributed by atoms with Crippen molar-refractivity contribution in [1.82, 2.24) is 9.80 Å². The molecular formula is C21H30N2O3. The molecule has 5 nitrogen and oxygen atoms in total. The van der Waals surface area contributed by atoms with Crippen LogP contribution < -0.4 is 4.74 Å². The molecule has 2 aliphatic heterocycles. The lowest BCUT2D eigenvalue weighted by molar-refractivity contribution is -0.143. The molecule has 2 atom stereocenters. The van der Waals surface area contributed by atoms with Crippen molar-refractivity contribution in [3.8, 4) is 5.75 Å². The van der Waals surface area contributed by atoms with Crippen LogP contribution in [-0.2, 0) is 16.1 Å².